The molecule has 0 aliphatic carbocycles. The molecule has 0 aliphatic heterocycles. The summed E-state index contributed by atoms with van der Waals surface area (Å²) in [6.07, 6.45) is 5.92. The van der Waals surface area contributed by atoms with Gasteiger partial charge in [-0.3, -0.25) is 9.78 Å². The lowest BCUT2D eigenvalue weighted by molar-refractivity contribution is -0.117. The molecule has 3 N–H and O–H groups in total. The van der Waals surface area contributed by atoms with Gasteiger partial charge in [0.15, 0.2) is 5.82 Å². The first-order valence-electron chi connectivity index (χ1n) is 6.12. The Kier molecular flexibility index (Phi) is 4.58. The molecule has 1 heterocycles. The molecule has 2 rings (SSSR count). The summed E-state index contributed by atoms with van der Waals surface area (Å²) in [4.78, 5) is 19.7. The van der Waals surface area contributed by atoms with Gasteiger partial charge in [0.25, 0.3) is 0 Å². The van der Waals surface area contributed by atoms with Crippen LogP contribution in [0.4, 0.5) is 5.82 Å². The second-order valence-electron chi connectivity index (χ2n) is 4.21. The molecule has 2 aromatic rings. The Morgan fingerprint density at radius 2 is 2.05 bits per heavy atom. The fourth-order valence-corrected chi connectivity index (χ4v) is 1.68. The molecule has 98 valence electrons. The Bertz CT molecular complexity index is 515. The van der Waals surface area contributed by atoms with Gasteiger partial charge in [0.05, 0.1) is 12.2 Å². The molecule has 5 heteroatoms. The molecule has 0 aliphatic rings. The van der Waals surface area contributed by atoms with E-state index in [4.69, 9.17) is 5.73 Å². The van der Waals surface area contributed by atoms with E-state index < -0.39 is 6.04 Å². The van der Waals surface area contributed by atoms with Crippen LogP contribution in [0.2, 0.25) is 0 Å². The first-order valence-corrected chi connectivity index (χ1v) is 6.12. The van der Waals surface area contributed by atoms with Crippen molar-refractivity contribution in [3.63, 3.8) is 0 Å². The standard InChI is InChI=1S/C14H16N4O/c15-12(7-6-11-4-2-1-3-5-11)14(19)18-13-10-16-8-9-17-13/h1-5,8-10,12H,6-7,15H2,(H,17,18,19)/t12-/m0/s1. The smallest absolute Gasteiger partial charge is 0.242 e. The lowest BCUT2D eigenvalue weighted by Crippen LogP contribution is -2.36. The first kappa shape index (κ1) is 13.2. The second kappa shape index (κ2) is 6.61. The maximum absolute atomic E-state index is 11.8. The van der Waals surface area contributed by atoms with E-state index in [1.165, 1.54) is 18.0 Å². The molecular formula is C14H16N4O. The topological polar surface area (TPSA) is 80.9 Å². The number of nitrogens with two attached hydrogens (primary N) is 1. The van der Waals surface area contributed by atoms with Crippen LogP contribution in [0, 0.1) is 0 Å². The van der Waals surface area contributed by atoms with Gasteiger partial charge in [-0.25, -0.2) is 4.98 Å². The van der Waals surface area contributed by atoms with Gasteiger partial charge in [0.1, 0.15) is 0 Å². The Hall–Kier alpha value is -2.27. The number of aryl methyl sites for hydroxylation is 1. The number of nitrogens with zero attached hydrogens (tertiary/aromatic N) is 2. The van der Waals surface area contributed by atoms with E-state index in [9.17, 15) is 4.79 Å². The van der Waals surface area contributed by atoms with E-state index in [-0.39, 0.29) is 5.91 Å². The highest BCUT2D eigenvalue weighted by molar-refractivity contribution is 5.93. The summed E-state index contributed by atoms with van der Waals surface area (Å²) in [5.74, 6) is 0.180. The lowest BCUT2D eigenvalue weighted by atomic mass is 10.1. The fourth-order valence-electron chi connectivity index (χ4n) is 1.68. The Balaban J connectivity index is 1.83. The van der Waals surface area contributed by atoms with Gasteiger partial charge >= 0.3 is 0 Å². The van der Waals surface area contributed by atoms with Crippen LogP contribution in [-0.2, 0) is 11.2 Å². The van der Waals surface area contributed by atoms with Crippen LogP contribution in [0.5, 0.6) is 0 Å². The summed E-state index contributed by atoms with van der Waals surface area (Å²) in [5, 5.41) is 2.64. The van der Waals surface area contributed by atoms with Crippen molar-refractivity contribution in [2.75, 3.05) is 5.32 Å². The number of anilines is 1. The van der Waals surface area contributed by atoms with Crippen LogP contribution in [0.1, 0.15) is 12.0 Å². The number of aromatic nitrogens is 2. The maximum Gasteiger partial charge on any atom is 0.242 e. The molecule has 0 fully saturated rings. The summed E-state index contributed by atoms with van der Waals surface area (Å²) in [5.41, 5.74) is 7.02. The highest BCUT2D eigenvalue weighted by atomic mass is 16.2. The average Bonchev–Trinajstić information content (AvgIpc) is 2.47. The molecule has 0 spiro atoms. The quantitative estimate of drug-likeness (QED) is 0.846. The minimum Gasteiger partial charge on any atom is -0.320 e. The van der Waals surface area contributed by atoms with Gasteiger partial charge < -0.3 is 11.1 Å². The number of nitrogens with one attached hydrogen (secondary N) is 1. The number of rotatable bonds is 5. The van der Waals surface area contributed by atoms with Gasteiger partial charge in [-0.15, -0.1) is 0 Å². The zero-order chi connectivity index (χ0) is 13.5. The zero-order valence-corrected chi connectivity index (χ0v) is 10.5. The summed E-state index contributed by atoms with van der Waals surface area (Å²) in [6.45, 7) is 0. The summed E-state index contributed by atoms with van der Waals surface area (Å²) in [6, 6.07) is 9.40. The minimum atomic E-state index is -0.554. The van der Waals surface area contributed by atoms with Crippen LogP contribution in [0.25, 0.3) is 0 Å². The molecule has 0 radical (unpaired) electrons. The van der Waals surface area contributed by atoms with Crippen molar-refractivity contribution in [1.29, 1.82) is 0 Å². The zero-order valence-electron chi connectivity index (χ0n) is 10.5. The number of hydrogen-bond donors (Lipinski definition) is 2. The molecular weight excluding hydrogens is 240 g/mol. The largest absolute Gasteiger partial charge is 0.320 e. The molecule has 1 aromatic heterocycles. The van der Waals surface area contributed by atoms with Gasteiger partial charge in [-0.1, -0.05) is 30.3 Å². The predicted molar refractivity (Wildman–Crippen MR) is 73.4 cm³/mol. The minimum absolute atomic E-state index is 0.239. The summed E-state index contributed by atoms with van der Waals surface area (Å²) in [7, 11) is 0. The third kappa shape index (κ3) is 4.15. The van der Waals surface area contributed by atoms with Crippen LogP contribution in [-0.4, -0.2) is 21.9 Å². The molecule has 1 aromatic carbocycles. The van der Waals surface area contributed by atoms with Crippen LogP contribution < -0.4 is 11.1 Å². The summed E-state index contributed by atoms with van der Waals surface area (Å²) >= 11 is 0. The number of amides is 1. The molecule has 0 bridgehead atoms. The number of carbonyl (C=O) groups is 1. The van der Waals surface area contributed by atoms with E-state index in [0.717, 1.165) is 6.42 Å². The van der Waals surface area contributed by atoms with E-state index in [1.54, 1.807) is 6.20 Å². The highest BCUT2D eigenvalue weighted by Gasteiger charge is 2.13. The van der Waals surface area contributed by atoms with Gasteiger partial charge in [-0.05, 0) is 18.4 Å². The van der Waals surface area contributed by atoms with E-state index in [0.29, 0.717) is 12.2 Å². The number of carbonyl (C=O) groups excluding carboxylic acids is 1. The molecule has 0 unspecified atom stereocenters. The van der Waals surface area contributed by atoms with Gasteiger partial charge in [-0.2, -0.15) is 0 Å². The van der Waals surface area contributed by atoms with Crippen molar-refractivity contribution in [3.8, 4) is 0 Å². The van der Waals surface area contributed by atoms with Crippen LogP contribution in [0.15, 0.2) is 48.9 Å². The van der Waals surface area contributed by atoms with E-state index in [2.05, 4.69) is 15.3 Å². The van der Waals surface area contributed by atoms with Gasteiger partial charge in [0, 0.05) is 12.4 Å². The predicted octanol–water partition coefficient (Wildman–Crippen LogP) is 1.38. The molecule has 1 amide bonds. The molecule has 19 heavy (non-hydrogen) atoms. The van der Waals surface area contributed by atoms with Crippen molar-refractivity contribution in [2.24, 2.45) is 5.73 Å². The molecule has 0 saturated heterocycles. The first-order chi connectivity index (χ1) is 9.25. The number of benzene rings is 1. The second-order valence-corrected chi connectivity index (χ2v) is 4.21. The lowest BCUT2D eigenvalue weighted by Gasteiger charge is -2.11. The maximum atomic E-state index is 11.8. The normalized spacial score (nSPS) is 11.8. The SMILES string of the molecule is N[C@@H](CCc1ccccc1)C(=O)Nc1cnccn1. The third-order valence-electron chi connectivity index (χ3n) is 2.74. The van der Waals surface area contributed by atoms with Crippen molar-refractivity contribution in [2.45, 2.75) is 18.9 Å². The monoisotopic (exact) mass is 256 g/mol. The molecule has 1 atom stereocenters. The van der Waals surface area contributed by atoms with Gasteiger partial charge in [0.2, 0.25) is 5.91 Å². The van der Waals surface area contributed by atoms with Crippen molar-refractivity contribution < 1.29 is 4.79 Å². The number of hydrogen-bond acceptors (Lipinski definition) is 4. The van der Waals surface area contributed by atoms with E-state index >= 15 is 0 Å². The summed E-state index contributed by atoms with van der Waals surface area (Å²) < 4.78 is 0. The Labute approximate surface area is 111 Å². The van der Waals surface area contributed by atoms with Crippen LogP contribution in [0.3, 0.4) is 0 Å². The fraction of sp³-hybridized carbons (Fsp3) is 0.214. The Morgan fingerprint density at radius 3 is 2.74 bits per heavy atom. The van der Waals surface area contributed by atoms with Crippen molar-refractivity contribution in [3.05, 3.63) is 54.5 Å². The van der Waals surface area contributed by atoms with Crippen LogP contribution >= 0.6 is 0 Å². The highest BCUT2D eigenvalue weighted by Crippen LogP contribution is 2.05. The van der Waals surface area contributed by atoms with E-state index in [1.807, 2.05) is 30.3 Å². The Morgan fingerprint density at radius 1 is 1.26 bits per heavy atom. The average molecular weight is 256 g/mol. The molecule has 5 nitrogen and oxygen atoms in total. The van der Waals surface area contributed by atoms with Crippen molar-refractivity contribution >= 4 is 11.7 Å². The van der Waals surface area contributed by atoms with Crippen molar-refractivity contribution in [1.82, 2.24) is 9.97 Å². The third-order valence-corrected chi connectivity index (χ3v) is 2.74. The molecule has 0 saturated carbocycles.